The summed E-state index contributed by atoms with van der Waals surface area (Å²) in [5.74, 6) is 0.169. The van der Waals surface area contributed by atoms with Gasteiger partial charge >= 0.3 is 0 Å². The lowest BCUT2D eigenvalue weighted by atomic mass is 10.1. The molecule has 1 fully saturated rings. The molecular weight excluding hydrogens is 248 g/mol. The number of likely N-dealkylation sites (tertiary alicyclic amines) is 1. The Morgan fingerprint density at radius 2 is 2.06 bits per heavy atom. The van der Waals surface area contributed by atoms with Crippen LogP contribution in [0.4, 0.5) is 0 Å². The highest BCUT2D eigenvalue weighted by Gasteiger charge is 2.28. The lowest BCUT2D eigenvalue weighted by molar-refractivity contribution is 0.0737. The molecule has 0 saturated carbocycles. The maximum absolute atomic E-state index is 12.3. The number of benzene rings is 1. The van der Waals surface area contributed by atoms with Crippen LogP contribution in [0.3, 0.4) is 0 Å². The topological polar surface area (TPSA) is 32.3 Å². The summed E-state index contributed by atoms with van der Waals surface area (Å²) in [7, 11) is 1.94. The molecule has 1 aromatic carbocycles. The Labute approximate surface area is 115 Å². The lowest BCUT2D eigenvalue weighted by Gasteiger charge is -2.24. The number of rotatable bonds is 3. The highest BCUT2D eigenvalue weighted by Crippen LogP contribution is 2.19. The molecule has 0 aromatic heterocycles. The molecule has 0 spiro atoms. The molecule has 1 aromatic rings. The smallest absolute Gasteiger partial charge is 0.254 e. The van der Waals surface area contributed by atoms with Crippen LogP contribution in [0.15, 0.2) is 24.3 Å². The summed E-state index contributed by atoms with van der Waals surface area (Å²) in [6.07, 6.45) is 2.22. The fourth-order valence-electron chi connectivity index (χ4n) is 2.41. The van der Waals surface area contributed by atoms with Crippen molar-refractivity contribution in [3.8, 4) is 0 Å². The molecule has 1 aliphatic heterocycles. The summed E-state index contributed by atoms with van der Waals surface area (Å²) >= 11 is 0. The van der Waals surface area contributed by atoms with Crippen LogP contribution in [-0.2, 0) is 0 Å². The summed E-state index contributed by atoms with van der Waals surface area (Å²) in [5, 5.41) is 3.16. The Balaban J connectivity index is 0.00000162. The van der Waals surface area contributed by atoms with E-state index in [0.717, 1.165) is 31.5 Å². The standard InChI is InChI=1S/C14H20N2O.ClH/c1-11-5-7-12(8-6-11)14(17)16-9-3-4-13(16)10-15-2;/h5-8,13,15H,3-4,9-10H2,1-2H3;1H. The van der Waals surface area contributed by atoms with Crippen LogP contribution in [0.5, 0.6) is 0 Å². The summed E-state index contributed by atoms with van der Waals surface area (Å²) in [6, 6.07) is 8.19. The van der Waals surface area contributed by atoms with E-state index >= 15 is 0 Å². The van der Waals surface area contributed by atoms with E-state index in [1.165, 1.54) is 5.56 Å². The van der Waals surface area contributed by atoms with Crippen molar-refractivity contribution >= 4 is 18.3 Å². The Bertz CT molecular complexity index is 391. The number of hydrogen-bond acceptors (Lipinski definition) is 2. The molecule has 4 heteroatoms. The quantitative estimate of drug-likeness (QED) is 0.912. The average molecular weight is 269 g/mol. The average Bonchev–Trinajstić information content (AvgIpc) is 2.78. The SMILES string of the molecule is CNCC1CCCN1C(=O)c1ccc(C)cc1.Cl. The molecule has 1 N–H and O–H groups in total. The van der Waals surface area contributed by atoms with Gasteiger partial charge < -0.3 is 10.2 Å². The first kappa shape index (κ1) is 15.0. The second-order valence-corrected chi connectivity index (χ2v) is 4.72. The Hall–Kier alpha value is -1.06. The van der Waals surface area contributed by atoms with Gasteiger partial charge in [0.1, 0.15) is 0 Å². The number of carbonyl (C=O) groups is 1. The molecule has 1 heterocycles. The molecule has 2 rings (SSSR count). The minimum Gasteiger partial charge on any atom is -0.334 e. The van der Waals surface area contributed by atoms with Crippen molar-refractivity contribution in [1.29, 1.82) is 0 Å². The third kappa shape index (κ3) is 3.24. The van der Waals surface area contributed by atoms with Crippen molar-refractivity contribution in [3.63, 3.8) is 0 Å². The fourth-order valence-corrected chi connectivity index (χ4v) is 2.41. The Morgan fingerprint density at radius 3 is 2.67 bits per heavy atom. The summed E-state index contributed by atoms with van der Waals surface area (Å²) < 4.78 is 0. The van der Waals surface area contributed by atoms with Gasteiger partial charge in [0.15, 0.2) is 0 Å². The van der Waals surface area contributed by atoms with Crippen LogP contribution in [0.1, 0.15) is 28.8 Å². The summed E-state index contributed by atoms with van der Waals surface area (Å²) in [5.41, 5.74) is 1.99. The van der Waals surface area contributed by atoms with Crippen molar-refractivity contribution in [3.05, 3.63) is 35.4 Å². The first-order valence-electron chi connectivity index (χ1n) is 6.24. The van der Waals surface area contributed by atoms with E-state index < -0.39 is 0 Å². The van der Waals surface area contributed by atoms with Crippen molar-refractivity contribution in [2.75, 3.05) is 20.1 Å². The molecule has 100 valence electrons. The predicted octanol–water partition coefficient (Wildman–Crippen LogP) is 2.24. The van der Waals surface area contributed by atoms with Gasteiger partial charge in [0.2, 0.25) is 0 Å². The van der Waals surface area contributed by atoms with Crippen molar-refractivity contribution in [2.24, 2.45) is 0 Å². The number of carbonyl (C=O) groups excluding carboxylic acids is 1. The molecule has 18 heavy (non-hydrogen) atoms. The van der Waals surface area contributed by atoms with E-state index in [-0.39, 0.29) is 18.3 Å². The van der Waals surface area contributed by atoms with E-state index in [2.05, 4.69) is 5.32 Å². The number of halogens is 1. The number of aryl methyl sites for hydroxylation is 1. The van der Waals surface area contributed by atoms with Gasteiger partial charge in [-0.2, -0.15) is 0 Å². The van der Waals surface area contributed by atoms with E-state index in [4.69, 9.17) is 0 Å². The zero-order valence-electron chi connectivity index (χ0n) is 11.0. The maximum Gasteiger partial charge on any atom is 0.254 e. The highest BCUT2D eigenvalue weighted by atomic mass is 35.5. The third-order valence-electron chi connectivity index (χ3n) is 3.38. The van der Waals surface area contributed by atoms with Crippen LogP contribution in [0, 0.1) is 6.92 Å². The normalized spacial score (nSPS) is 18.6. The lowest BCUT2D eigenvalue weighted by Crippen LogP contribution is -2.40. The number of nitrogens with zero attached hydrogens (tertiary/aromatic N) is 1. The monoisotopic (exact) mass is 268 g/mol. The number of hydrogen-bond donors (Lipinski definition) is 1. The van der Waals surface area contributed by atoms with Gasteiger partial charge in [-0.05, 0) is 38.9 Å². The van der Waals surface area contributed by atoms with Gasteiger partial charge in [0.25, 0.3) is 5.91 Å². The Kier molecular flexibility index (Phi) is 5.63. The number of likely N-dealkylation sites (N-methyl/N-ethyl adjacent to an activating group) is 1. The molecule has 1 amide bonds. The number of amides is 1. The van der Waals surface area contributed by atoms with Crippen LogP contribution >= 0.6 is 12.4 Å². The second kappa shape index (κ2) is 6.76. The van der Waals surface area contributed by atoms with Gasteiger partial charge in [0.05, 0.1) is 0 Å². The molecule has 0 radical (unpaired) electrons. The third-order valence-corrected chi connectivity index (χ3v) is 3.38. The molecule has 0 bridgehead atoms. The first-order valence-corrected chi connectivity index (χ1v) is 6.24. The van der Waals surface area contributed by atoms with E-state index in [1.807, 2.05) is 43.1 Å². The van der Waals surface area contributed by atoms with Crippen LogP contribution in [0.25, 0.3) is 0 Å². The maximum atomic E-state index is 12.3. The predicted molar refractivity (Wildman–Crippen MR) is 76.4 cm³/mol. The van der Waals surface area contributed by atoms with E-state index in [9.17, 15) is 4.79 Å². The second-order valence-electron chi connectivity index (χ2n) is 4.72. The minimum atomic E-state index is 0. The molecule has 1 saturated heterocycles. The molecule has 3 nitrogen and oxygen atoms in total. The molecule has 1 atom stereocenters. The first-order chi connectivity index (χ1) is 8.22. The van der Waals surface area contributed by atoms with Gasteiger partial charge in [-0.1, -0.05) is 17.7 Å². The van der Waals surface area contributed by atoms with E-state index in [1.54, 1.807) is 0 Å². The van der Waals surface area contributed by atoms with Gasteiger partial charge in [-0.3, -0.25) is 4.79 Å². The van der Waals surface area contributed by atoms with Crippen molar-refractivity contribution in [2.45, 2.75) is 25.8 Å². The number of nitrogens with one attached hydrogen (secondary N) is 1. The zero-order chi connectivity index (χ0) is 12.3. The van der Waals surface area contributed by atoms with Crippen LogP contribution in [0.2, 0.25) is 0 Å². The van der Waals surface area contributed by atoms with Crippen LogP contribution in [-0.4, -0.2) is 37.0 Å². The van der Waals surface area contributed by atoms with Gasteiger partial charge in [0, 0.05) is 24.7 Å². The van der Waals surface area contributed by atoms with Crippen LogP contribution < -0.4 is 5.32 Å². The highest BCUT2D eigenvalue weighted by molar-refractivity contribution is 5.94. The van der Waals surface area contributed by atoms with Gasteiger partial charge in [-0.15, -0.1) is 12.4 Å². The molecular formula is C14H21ClN2O. The fraction of sp³-hybridized carbons (Fsp3) is 0.500. The molecule has 0 aliphatic carbocycles. The minimum absolute atomic E-state index is 0. The Morgan fingerprint density at radius 1 is 1.39 bits per heavy atom. The van der Waals surface area contributed by atoms with Gasteiger partial charge in [-0.25, -0.2) is 0 Å². The molecule has 1 unspecified atom stereocenters. The molecule has 1 aliphatic rings. The largest absolute Gasteiger partial charge is 0.334 e. The van der Waals surface area contributed by atoms with Crippen molar-refractivity contribution in [1.82, 2.24) is 10.2 Å². The summed E-state index contributed by atoms with van der Waals surface area (Å²) in [4.78, 5) is 14.3. The van der Waals surface area contributed by atoms with E-state index in [0.29, 0.717) is 6.04 Å². The van der Waals surface area contributed by atoms with Crippen molar-refractivity contribution < 1.29 is 4.79 Å². The zero-order valence-corrected chi connectivity index (χ0v) is 11.8. The summed E-state index contributed by atoms with van der Waals surface area (Å²) in [6.45, 7) is 3.81.